The van der Waals surface area contributed by atoms with Gasteiger partial charge in [-0.1, -0.05) is 6.07 Å². The van der Waals surface area contributed by atoms with E-state index in [9.17, 15) is 27.5 Å². The fraction of sp³-hybridized carbons (Fsp3) is 0.238. The molecule has 2 N–H and O–H groups in total. The van der Waals surface area contributed by atoms with E-state index in [-0.39, 0.29) is 30.2 Å². The highest BCUT2D eigenvalue weighted by molar-refractivity contribution is 7.15. The Morgan fingerprint density at radius 2 is 2.12 bits per heavy atom. The molecule has 2 heterocycles. The topological polar surface area (TPSA) is 74.7 Å². The molecule has 0 aliphatic carbocycles. The van der Waals surface area contributed by atoms with Gasteiger partial charge in [-0.15, -0.1) is 11.3 Å². The Hall–Kier alpha value is -3.18. The Bertz CT molecular complexity index is 1170. The molecule has 11 heteroatoms. The predicted octanol–water partition coefficient (Wildman–Crippen LogP) is 4.75. The van der Waals surface area contributed by atoms with E-state index in [4.69, 9.17) is 4.74 Å². The lowest BCUT2D eigenvalue weighted by Gasteiger charge is -2.36. The van der Waals surface area contributed by atoms with Gasteiger partial charge in [0.05, 0.1) is 29.5 Å². The van der Waals surface area contributed by atoms with E-state index in [1.54, 1.807) is 23.2 Å². The summed E-state index contributed by atoms with van der Waals surface area (Å²) >= 11 is 1.40. The third-order valence-electron chi connectivity index (χ3n) is 4.84. The van der Waals surface area contributed by atoms with Crippen LogP contribution in [0.3, 0.4) is 0 Å². The van der Waals surface area contributed by atoms with Crippen LogP contribution in [0.15, 0.2) is 42.6 Å². The van der Waals surface area contributed by atoms with E-state index in [1.807, 2.05) is 6.92 Å². The van der Waals surface area contributed by atoms with Crippen LogP contribution in [0.5, 0.6) is 5.75 Å². The molecular formula is C21H17F4N3O3S. The average molecular weight is 467 g/mol. The molecule has 32 heavy (non-hydrogen) atoms. The van der Waals surface area contributed by atoms with Gasteiger partial charge in [0.15, 0.2) is 10.9 Å². The number of thiazole rings is 1. The molecule has 1 aliphatic rings. The molecule has 1 atom stereocenters. The fourth-order valence-electron chi connectivity index (χ4n) is 3.36. The van der Waals surface area contributed by atoms with Crippen LogP contribution in [0.4, 0.5) is 34.1 Å². The second kappa shape index (κ2) is 8.40. The number of ether oxygens (including phenoxy) is 1. The van der Waals surface area contributed by atoms with Gasteiger partial charge in [-0.05, 0) is 37.3 Å². The molecule has 0 saturated carbocycles. The molecule has 2 aromatic carbocycles. The first-order valence-corrected chi connectivity index (χ1v) is 10.3. The smallest absolute Gasteiger partial charge is 0.419 e. The monoisotopic (exact) mass is 467 g/mol. The van der Waals surface area contributed by atoms with Crippen molar-refractivity contribution < 1.29 is 32.2 Å². The molecule has 1 unspecified atom stereocenters. The molecule has 1 amide bonds. The first-order valence-electron chi connectivity index (χ1n) is 9.45. The van der Waals surface area contributed by atoms with Gasteiger partial charge < -0.3 is 20.1 Å². The number of anilines is 3. The van der Waals surface area contributed by atoms with E-state index in [0.29, 0.717) is 23.0 Å². The fourth-order valence-corrected chi connectivity index (χ4v) is 4.21. The van der Waals surface area contributed by atoms with Gasteiger partial charge in [0.1, 0.15) is 12.4 Å². The molecule has 0 spiro atoms. The first kappa shape index (κ1) is 22.0. The molecule has 1 aliphatic heterocycles. The van der Waals surface area contributed by atoms with Crippen molar-refractivity contribution in [1.82, 2.24) is 4.98 Å². The van der Waals surface area contributed by atoms with Crippen LogP contribution >= 0.6 is 11.3 Å². The standard InChI is InChI=1S/C21H17F4N3O3S/c1-11-8-26-20(32-11)28-13(9-29)10-31-18-14(3-2-4-17(18)28)19(30)27-12-5-6-16(22)15(7-12)21(23,24)25/h2-8,13,29H,9-10H2,1H3,(H,27,30). The molecule has 1 aromatic heterocycles. The minimum Gasteiger partial charge on any atom is -0.488 e. The van der Waals surface area contributed by atoms with Gasteiger partial charge in [-0.2, -0.15) is 13.2 Å². The van der Waals surface area contributed by atoms with Crippen molar-refractivity contribution in [1.29, 1.82) is 0 Å². The van der Waals surface area contributed by atoms with E-state index in [1.165, 1.54) is 17.4 Å². The number of aliphatic hydroxyl groups excluding tert-OH is 1. The van der Waals surface area contributed by atoms with Crippen molar-refractivity contribution in [2.24, 2.45) is 0 Å². The zero-order valence-electron chi connectivity index (χ0n) is 16.6. The van der Waals surface area contributed by atoms with Crippen molar-refractivity contribution in [2.45, 2.75) is 19.1 Å². The molecule has 6 nitrogen and oxygen atoms in total. The van der Waals surface area contributed by atoms with Crippen molar-refractivity contribution >= 4 is 33.8 Å². The summed E-state index contributed by atoms with van der Waals surface area (Å²) in [6, 6.07) is 6.56. The van der Waals surface area contributed by atoms with E-state index < -0.39 is 29.5 Å². The summed E-state index contributed by atoms with van der Waals surface area (Å²) in [7, 11) is 0. The second-order valence-corrected chi connectivity index (χ2v) is 8.28. The third-order valence-corrected chi connectivity index (χ3v) is 5.75. The van der Waals surface area contributed by atoms with Gasteiger partial charge in [-0.3, -0.25) is 4.79 Å². The van der Waals surface area contributed by atoms with Crippen molar-refractivity contribution in [3.05, 3.63) is 64.4 Å². The van der Waals surface area contributed by atoms with Crippen LogP contribution < -0.4 is 15.0 Å². The Morgan fingerprint density at radius 1 is 1.34 bits per heavy atom. The number of hydrogen-bond donors (Lipinski definition) is 2. The number of rotatable bonds is 4. The number of alkyl halides is 3. The number of nitrogens with zero attached hydrogens (tertiary/aromatic N) is 2. The molecule has 168 valence electrons. The van der Waals surface area contributed by atoms with E-state index in [0.717, 1.165) is 10.9 Å². The van der Waals surface area contributed by atoms with Gasteiger partial charge in [0.2, 0.25) is 0 Å². The number of aryl methyl sites for hydroxylation is 1. The average Bonchev–Trinajstić information content (AvgIpc) is 3.18. The number of amides is 1. The maximum Gasteiger partial charge on any atom is 0.419 e. The lowest BCUT2D eigenvalue weighted by Crippen LogP contribution is -2.43. The minimum absolute atomic E-state index is 0.0706. The summed E-state index contributed by atoms with van der Waals surface area (Å²) in [6.07, 6.45) is -3.21. The van der Waals surface area contributed by atoms with Crippen LogP contribution in [0, 0.1) is 12.7 Å². The number of para-hydroxylation sites is 1. The number of nitrogens with one attached hydrogen (secondary N) is 1. The van der Waals surface area contributed by atoms with Crippen LogP contribution in [-0.2, 0) is 6.18 Å². The molecule has 0 fully saturated rings. The summed E-state index contributed by atoms with van der Waals surface area (Å²) in [6.45, 7) is 1.74. The highest BCUT2D eigenvalue weighted by atomic mass is 32.1. The van der Waals surface area contributed by atoms with Crippen LogP contribution in [0.2, 0.25) is 0 Å². The van der Waals surface area contributed by atoms with Gasteiger partial charge in [-0.25, -0.2) is 9.37 Å². The number of halogens is 4. The lowest BCUT2D eigenvalue weighted by molar-refractivity contribution is -0.139. The Labute approximate surface area is 184 Å². The molecule has 3 aromatic rings. The van der Waals surface area contributed by atoms with Crippen molar-refractivity contribution in [3.8, 4) is 5.75 Å². The van der Waals surface area contributed by atoms with Crippen molar-refractivity contribution in [3.63, 3.8) is 0 Å². The molecular weight excluding hydrogens is 450 g/mol. The number of fused-ring (bicyclic) bond motifs is 1. The number of aliphatic hydroxyl groups is 1. The maximum absolute atomic E-state index is 13.5. The van der Waals surface area contributed by atoms with Crippen molar-refractivity contribution in [2.75, 3.05) is 23.4 Å². The number of aromatic nitrogens is 1. The summed E-state index contributed by atoms with van der Waals surface area (Å²) < 4.78 is 58.3. The van der Waals surface area contributed by atoms with Gasteiger partial charge >= 0.3 is 6.18 Å². The van der Waals surface area contributed by atoms with E-state index in [2.05, 4.69) is 10.3 Å². The number of benzene rings is 2. The van der Waals surface area contributed by atoms with Crippen LogP contribution in [-0.4, -0.2) is 35.3 Å². The molecule has 0 bridgehead atoms. The largest absolute Gasteiger partial charge is 0.488 e. The SMILES string of the molecule is Cc1cnc(N2c3cccc(C(=O)Nc4ccc(F)c(C(F)(F)F)c4)c3OCC2CO)s1. The molecule has 4 rings (SSSR count). The zero-order valence-corrected chi connectivity index (χ0v) is 17.4. The number of carbonyl (C=O) groups is 1. The Morgan fingerprint density at radius 3 is 2.78 bits per heavy atom. The number of carbonyl (C=O) groups excluding carboxylic acids is 1. The highest BCUT2D eigenvalue weighted by Gasteiger charge is 2.35. The van der Waals surface area contributed by atoms with Crippen LogP contribution in [0.1, 0.15) is 20.8 Å². The maximum atomic E-state index is 13.5. The summed E-state index contributed by atoms with van der Waals surface area (Å²) in [5, 5.41) is 12.8. The van der Waals surface area contributed by atoms with E-state index >= 15 is 0 Å². The minimum atomic E-state index is -4.90. The molecule has 0 radical (unpaired) electrons. The first-order chi connectivity index (χ1) is 15.2. The summed E-state index contributed by atoms with van der Waals surface area (Å²) in [4.78, 5) is 20.0. The molecule has 0 saturated heterocycles. The normalized spacial score (nSPS) is 15.8. The number of hydrogen-bond acceptors (Lipinski definition) is 6. The predicted molar refractivity (Wildman–Crippen MR) is 111 cm³/mol. The second-order valence-electron chi connectivity index (χ2n) is 7.07. The van der Waals surface area contributed by atoms with Gasteiger partial charge in [0, 0.05) is 16.8 Å². The Balaban J connectivity index is 1.69. The lowest BCUT2D eigenvalue weighted by atomic mass is 10.1. The zero-order chi connectivity index (χ0) is 23.0. The highest BCUT2D eigenvalue weighted by Crippen LogP contribution is 2.42. The third kappa shape index (κ3) is 4.13. The van der Waals surface area contributed by atoms with Crippen LogP contribution in [0.25, 0.3) is 0 Å². The quantitative estimate of drug-likeness (QED) is 0.542. The summed E-state index contributed by atoms with van der Waals surface area (Å²) in [5.74, 6) is -1.94. The Kier molecular flexibility index (Phi) is 5.78. The summed E-state index contributed by atoms with van der Waals surface area (Å²) in [5.41, 5.74) is -1.11. The van der Waals surface area contributed by atoms with Gasteiger partial charge in [0.25, 0.3) is 5.91 Å².